The van der Waals surface area contributed by atoms with Crippen molar-refractivity contribution in [2.24, 2.45) is 0 Å². The minimum atomic E-state index is 0.113. The maximum atomic E-state index is 5.82. The molecule has 0 aliphatic heterocycles. The molecule has 1 aromatic heterocycles. The number of ether oxygens (including phenoxy) is 1. The zero-order valence-electron chi connectivity index (χ0n) is 8.95. The Labute approximate surface area is 112 Å². The van der Waals surface area contributed by atoms with Crippen LogP contribution in [0.2, 0.25) is 5.28 Å². The number of aromatic nitrogens is 2. The monoisotopic (exact) mass is 313 g/mol. The van der Waals surface area contributed by atoms with Gasteiger partial charge in [-0.2, -0.15) is 4.98 Å². The van der Waals surface area contributed by atoms with E-state index in [9.17, 15) is 0 Å². The smallest absolute Gasteiger partial charge is 0.247 e. The number of anilines is 1. The molecule has 0 aliphatic carbocycles. The number of rotatable bonds is 2. The van der Waals surface area contributed by atoms with Gasteiger partial charge in [0.1, 0.15) is 11.4 Å². The lowest BCUT2D eigenvalue weighted by Gasteiger charge is -2.09. The molecule has 1 aromatic carbocycles. The Kier molecular flexibility index (Phi) is 3.49. The molecule has 0 unspecified atom stereocenters. The highest BCUT2D eigenvalue weighted by molar-refractivity contribution is 9.10. The van der Waals surface area contributed by atoms with Crippen LogP contribution in [0.25, 0.3) is 0 Å². The fraction of sp³-hybridized carbons (Fsp3) is 0.0909. The van der Waals surface area contributed by atoms with E-state index in [0.29, 0.717) is 17.1 Å². The van der Waals surface area contributed by atoms with E-state index >= 15 is 0 Å². The highest BCUT2D eigenvalue weighted by Gasteiger charge is 2.10. The third-order valence-corrected chi connectivity index (χ3v) is 2.75. The van der Waals surface area contributed by atoms with Gasteiger partial charge in [-0.1, -0.05) is 22.0 Å². The zero-order chi connectivity index (χ0) is 12.4. The highest BCUT2D eigenvalue weighted by atomic mass is 79.9. The SMILES string of the molecule is Cc1nc(Cl)nc(Oc2cccc(Br)c2)c1N. The molecule has 6 heteroatoms. The molecule has 0 bridgehead atoms. The van der Waals surface area contributed by atoms with E-state index in [0.717, 1.165) is 4.47 Å². The summed E-state index contributed by atoms with van der Waals surface area (Å²) in [5.41, 5.74) is 6.79. The van der Waals surface area contributed by atoms with Crippen molar-refractivity contribution in [1.29, 1.82) is 0 Å². The predicted molar refractivity (Wildman–Crippen MR) is 70.4 cm³/mol. The predicted octanol–water partition coefficient (Wildman–Crippen LogP) is 3.58. The molecule has 2 aromatic rings. The molecule has 17 heavy (non-hydrogen) atoms. The standard InChI is InChI=1S/C11H9BrClN3O/c1-6-9(14)10(16-11(13)15-6)17-8-4-2-3-7(12)5-8/h2-5H,14H2,1H3. The lowest BCUT2D eigenvalue weighted by Crippen LogP contribution is -2.00. The number of aryl methyl sites for hydroxylation is 1. The Morgan fingerprint density at radius 2 is 2.12 bits per heavy atom. The molecule has 0 saturated carbocycles. The van der Waals surface area contributed by atoms with Crippen molar-refractivity contribution in [2.75, 3.05) is 5.73 Å². The molecular formula is C11H9BrClN3O. The van der Waals surface area contributed by atoms with E-state index in [4.69, 9.17) is 22.1 Å². The Morgan fingerprint density at radius 1 is 1.35 bits per heavy atom. The molecular weight excluding hydrogens is 305 g/mol. The summed E-state index contributed by atoms with van der Waals surface area (Å²) in [5, 5.41) is 0.113. The van der Waals surface area contributed by atoms with Crippen LogP contribution in [0, 0.1) is 6.92 Å². The molecule has 4 nitrogen and oxygen atoms in total. The minimum absolute atomic E-state index is 0.113. The zero-order valence-corrected chi connectivity index (χ0v) is 11.3. The van der Waals surface area contributed by atoms with Crippen LogP contribution < -0.4 is 10.5 Å². The van der Waals surface area contributed by atoms with Crippen molar-refractivity contribution in [2.45, 2.75) is 6.92 Å². The second kappa shape index (κ2) is 4.89. The van der Waals surface area contributed by atoms with Gasteiger partial charge >= 0.3 is 0 Å². The second-order valence-electron chi connectivity index (χ2n) is 3.36. The number of halogens is 2. The fourth-order valence-electron chi connectivity index (χ4n) is 1.24. The summed E-state index contributed by atoms with van der Waals surface area (Å²) in [6.07, 6.45) is 0. The van der Waals surface area contributed by atoms with E-state index in [1.165, 1.54) is 0 Å². The van der Waals surface area contributed by atoms with Gasteiger partial charge in [-0.25, -0.2) is 4.98 Å². The highest BCUT2D eigenvalue weighted by Crippen LogP contribution is 2.29. The van der Waals surface area contributed by atoms with Crippen LogP contribution in [0.15, 0.2) is 28.7 Å². The van der Waals surface area contributed by atoms with Crippen LogP contribution in [-0.2, 0) is 0 Å². The molecule has 2 rings (SSSR count). The summed E-state index contributed by atoms with van der Waals surface area (Å²) >= 11 is 9.11. The van der Waals surface area contributed by atoms with Crippen molar-refractivity contribution in [3.8, 4) is 11.6 Å². The van der Waals surface area contributed by atoms with Gasteiger partial charge in [0.25, 0.3) is 0 Å². The van der Waals surface area contributed by atoms with E-state index in [1.54, 1.807) is 13.0 Å². The first kappa shape index (κ1) is 12.1. The number of benzene rings is 1. The average Bonchev–Trinajstić information content (AvgIpc) is 2.25. The molecule has 88 valence electrons. The summed E-state index contributed by atoms with van der Waals surface area (Å²) in [5.74, 6) is 0.890. The van der Waals surface area contributed by atoms with Gasteiger partial charge < -0.3 is 10.5 Å². The Morgan fingerprint density at radius 3 is 2.82 bits per heavy atom. The summed E-state index contributed by atoms with van der Waals surface area (Å²) in [4.78, 5) is 7.88. The van der Waals surface area contributed by atoms with E-state index < -0.39 is 0 Å². The summed E-state index contributed by atoms with van der Waals surface area (Å²) in [6.45, 7) is 1.75. The van der Waals surface area contributed by atoms with E-state index in [1.807, 2.05) is 18.2 Å². The van der Waals surface area contributed by atoms with Crippen LogP contribution in [0.4, 0.5) is 5.69 Å². The number of hydrogen-bond acceptors (Lipinski definition) is 4. The Bertz CT molecular complexity index is 562. The van der Waals surface area contributed by atoms with E-state index in [-0.39, 0.29) is 11.2 Å². The summed E-state index contributed by atoms with van der Waals surface area (Å²) in [7, 11) is 0. The van der Waals surface area contributed by atoms with Crippen molar-refractivity contribution in [3.05, 3.63) is 39.7 Å². The summed E-state index contributed by atoms with van der Waals surface area (Å²) < 4.78 is 6.47. The summed E-state index contributed by atoms with van der Waals surface area (Å²) in [6, 6.07) is 7.36. The van der Waals surface area contributed by atoms with Crippen LogP contribution in [0.5, 0.6) is 11.6 Å². The first-order valence-corrected chi connectivity index (χ1v) is 5.96. The maximum absolute atomic E-state index is 5.82. The lowest BCUT2D eigenvalue weighted by molar-refractivity contribution is 0.463. The molecule has 0 amide bonds. The van der Waals surface area contributed by atoms with Gasteiger partial charge in [0.15, 0.2) is 0 Å². The van der Waals surface area contributed by atoms with Gasteiger partial charge in [0.2, 0.25) is 11.2 Å². The van der Waals surface area contributed by atoms with Crippen molar-refractivity contribution in [1.82, 2.24) is 9.97 Å². The largest absolute Gasteiger partial charge is 0.437 e. The third kappa shape index (κ3) is 2.87. The van der Waals surface area contributed by atoms with Gasteiger partial charge in [0.05, 0.1) is 5.69 Å². The molecule has 0 saturated heterocycles. The molecule has 0 radical (unpaired) electrons. The average molecular weight is 315 g/mol. The van der Waals surface area contributed by atoms with Gasteiger partial charge in [0, 0.05) is 4.47 Å². The fourth-order valence-corrected chi connectivity index (χ4v) is 1.82. The van der Waals surface area contributed by atoms with E-state index in [2.05, 4.69) is 25.9 Å². The number of nitrogen functional groups attached to an aromatic ring is 1. The first-order chi connectivity index (χ1) is 8.06. The van der Waals surface area contributed by atoms with Crippen molar-refractivity contribution >= 4 is 33.2 Å². The lowest BCUT2D eigenvalue weighted by atomic mass is 10.3. The number of nitrogens with two attached hydrogens (primary N) is 1. The van der Waals surface area contributed by atoms with Crippen LogP contribution >= 0.6 is 27.5 Å². The molecule has 1 heterocycles. The number of nitrogens with zero attached hydrogens (tertiary/aromatic N) is 2. The van der Waals surface area contributed by atoms with Crippen LogP contribution in [-0.4, -0.2) is 9.97 Å². The minimum Gasteiger partial charge on any atom is -0.437 e. The molecule has 2 N–H and O–H groups in total. The quantitative estimate of drug-likeness (QED) is 0.861. The maximum Gasteiger partial charge on any atom is 0.247 e. The first-order valence-electron chi connectivity index (χ1n) is 4.79. The van der Waals surface area contributed by atoms with Crippen LogP contribution in [0.1, 0.15) is 5.69 Å². The molecule has 0 atom stereocenters. The Balaban J connectivity index is 2.36. The van der Waals surface area contributed by atoms with Crippen molar-refractivity contribution in [3.63, 3.8) is 0 Å². The van der Waals surface area contributed by atoms with Gasteiger partial charge in [-0.3, -0.25) is 0 Å². The third-order valence-electron chi connectivity index (χ3n) is 2.08. The number of hydrogen-bond donors (Lipinski definition) is 1. The Hall–Kier alpha value is -1.33. The molecule has 0 spiro atoms. The second-order valence-corrected chi connectivity index (χ2v) is 4.61. The normalized spacial score (nSPS) is 10.3. The van der Waals surface area contributed by atoms with Crippen LogP contribution in [0.3, 0.4) is 0 Å². The topological polar surface area (TPSA) is 61.0 Å². The molecule has 0 fully saturated rings. The van der Waals surface area contributed by atoms with Crippen molar-refractivity contribution < 1.29 is 4.74 Å². The molecule has 0 aliphatic rings. The van der Waals surface area contributed by atoms with Gasteiger partial charge in [-0.05, 0) is 36.7 Å². The van der Waals surface area contributed by atoms with Gasteiger partial charge in [-0.15, -0.1) is 0 Å².